The van der Waals surface area contributed by atoms with Crippen LogP contribution in [0.2, 0.25) is 0 Å². The minimum absolute atomic E-state index is 0.0242. The first kappa shape index (κ1) is 16.3. The molecular weight excluding hydrogens is 322 g/mol. The molecule has 128 valence electrons. The number of hydrogen-bond donors (Lipinski definition) is 0. The highest BCUT2D eigenvalue weighted by Gasteiger charge is 2.40. The topological polar surface area (TPSA) is 93.0 Å². The normalized spacial score (nSPS) is 24.2. The quantitative estimate of drug-likeness (QED) is 0.821. The van der Waals surface area contributed by atoms with Crippen molar-refractivity contribution >= 4 is 16.1 Å². The smallest absolute Gasteiger partial charge is 0.410 e. The van der Waals surface area contributed by atoms with Crippen LogP contribution in [0.25, 0.3) is 0 Å². The highest BCUT2D eigenvalue weighted by Crippen LogP contribution is 2.29. The van der Waals surface area contributed by atoms with Crippen LogP contribution in [-0.2, 0) is 14.8 Å². The number of carbonyl (C=O) groups is 1. The van der Waals surface area contributed by atoms with Gasteiger partial charge in [0.2, 0.25) is 10.0 Å². The van der Waals surface area contributed by atoms with Crippen molar-refractivity contribution in [2.75, 3.05) is 19.7 Å². The van der Waals surface area contributed by atoms with Crippen molar-refractivity contribution in [1.29, 1.82) is 0 Å². The van der Waals surface area contributed by atoms with E-state index < -0.39 is 10.0 Å². The second kappa shape index (κ2) is 5.79. The molecule has 0 N–H and O–H groups in total. The molecule has 1 aromatic heterocycles. The van der Waals surface area contributed by atoms with E-state index in [-0.39, 0.29) is 23.1 Å². The molecule has 8 nitrogen and oxygen atoms in total. The second-order valence-corrected chi connectivity index (χ2v) is 8.00. The minimum atomic E-state index is -3.61. The molecule has 0 aliphatic carbocycles. The van der Waals surface area contributed by atoms with Crippen LogP contribution >= 0.6 is 0 Å². The summed E-state index contributed by atoms with van der Waals surface area (Å²) in [4.78, 5) is 13.7. The summed E-state index contributed by atoms with van der Waals surface area (Å²) in [6.07, 6.45) is 0.897. The van der Waals surface area contributed by atoms with E-state index in [1.165, 1.54) is 4.31 Å². The van der Waals surface area contributed by atoms with Crippen LogP contribution in [0.3, 0.4) is 0 Å². The third-order valence-corrected chi connectivity index (χ3v) is 6.66. The highest BCUT2D eigenvalue weighted by atomic mass is 32.2. The summed E-state index contributed by atoms with van der Waals surface area (Å²) in [5.74, 6) is 0.307. The molecule has 9 heteroatoms. The number of rotatable bonds is 3. The van der Waals surface area contributed by atoms with Gasteiger partial charge in [-0.25, -0.2) is 13.2 Å². The van der Waals surface area contributed by atoms with Crippen molar-refractivity contribution in [2.45, 2.75) is 50.6 Å². The zero-order valence-electron chi connectivity index (χ0n) is 13.5. The fraction of sp³-hybridized carbons (Fsp3) is 0.714. The third-order valence-electron chi connectivity index (χ3n) is 4.52. The Balaban J connectivity index is 1.73. The monoisotopic (exact) mass is 343 g/mol. The Morgan fingerprint density at radius 2 is 1.87 bits per heavy atom. The van der Waals surface area contributed by atoms with Gasteiger partial charge in [0.25, 0.3) is 0 Å². The molecule has 0 radical (unpaired) electrons. The number of amides is 1. The molecule has 1 unspecified atom stereocenters. The van der Waals surface area contributed by atoms with Gasteiger partial charge in [-0.15, -0.1) is 0 Å². The van der Waals surface area contributed by atoms with Gasteiger partial charge in [-0.1, -0.05) is 5.16 Å². The number of hydrogen-bond acceptors (Lipinski definition) is 6. The number of nitrogens with zero attached hydrogens (tertiary/aromatic N) is 3. The second-order valence-electron chi connectivity index (χ2n) is 6.12. The highest BCUT2D eigenvalue weighted by molar-refractivity contribution is 7.89. The van der Waals surface area contributed by atoms with E-state index in [1.807, 2.05) is 6.92 Å². The van der Waals surface area contributed by atoms with Crippen molar-refractivity contribution in [3.8, 4) is 0 Å². The fourth-order valence-corrected chi connectivity index (χ4v) is 5.13. The zero-order valence-corrected chi connectivity index (χ0v) is 14.3. The summed E-state index contributed by atoms with van der Waals surface area (Å²) < 4.78 is 37.0. The maximum atomic E-state index is 12.8. The van der Waals surface area contributed by atoms with Crippen molar-refractivity contribution in [2.24, 2.45) is 0 Å². The van der Waals surface area contributed by atoms with Crippen LogP contribution in [0.5, 0.6) is 0 Å². The van der Waals surface area contributed by atoms with E-state index in [0.717, 1.165) is 0 Å². The van der Waals surface area contributed by atoms with Crippen LogP contribution in [-0.4, -0.2) is 60.7 Å². The lowest BCUT2D eigenvalue weighted by Gasteiger charge is -2.36. The summed E-state index contributed by atoms with van der Waals surface area (Å²) in [5.41, 5.74) is 0.376. The summed E-state index contributed by atoms with van der Waals surface area (Å²) in [5, 5.41) is 3.72. The van der Waals surface area contributed by atoms with Crippen molar-refractivity contribution in [3.63, 3.8) is 0 Å². The molecule has 1 amide bonds. The van der Waals surface area contributed by atoms with E-state index >= 15 is 0 Å². The summed E-state index contributed by atoms with van der Waals surface area (Å²) in [6.45, 7) is 6.30. The van der Waals surface area contributed by atoms with Crippen molar-refractivity contribution < 1.29 is 22.5 Å². The Kier molecular flexibility index (Phi) is 4.09. The first-order chi connectivity index (χ1) is 10.8. The van der Waals surface area contributed by atoms with E-state index in [9.17, 15) is 13.2 Å². The van der Waals surface area contributed by atoms with Gasteiger partial charge in [-0.2, -0.15) is 4.31 Å². The minimum Gasteiger partial charge on any atom is -0.447 e. The zero-order chi connectivity index (χ0) is 16.8. The number of aryl methyl sites for hydroxylation is 2. The average Bonchev–Trinajstić information content (AvgIpc) is 3.02. The lowest BCUT2D eigenvalue weighted by molar-refractivity contribution is 0.127. The van der Waals surface area contributed by atoms with Gasteiger partial charge in [0.05, 0.1) is 6.04 Å². The van der Waals surface area contributed by atoms with Gasteiger partial charge in [-0.05, 0) is 33.6 Å². The molecule has 3 rings (SSSR count). The Morgan fingerprint density at radius 3 is 2.35 bits per heavy atom. The fourth-order valence-electron chi connectivity index (χ4n) is 3.37. The number of piperidine rings is 1. The molecular formula is C14H21N3O5S. The van der Waals surface area contributed by atoms with E-state index in [2.05, 4.69) is 5.16 Å². The van der Waals surface area contributed by atoms with Crippen LogP contribution in [0, 0.1) is 13.8 Å². The molecule has 2 fully saturated rings. The number of carbonyl (C=O) groups excluding carboxylic acids is 1. The predicted molar refractivity (Wildman–Crippen MR) is 80.4 cm³/mol. The van der Waals surface area contributed by atoms with Crippen LogP contribution in [0.4, 0.5) is 4.79 Å². The predicted octanol–water partition coefficient (Wildman–Crippen LogP) is 1.29. The van der Waals surface area contributed by atoms with E-state index in [0.29, 0.717) is 44.0 Å². The third kappa shape index (κ3) is 2.72. The van der Waals surface area contributed by atoms with Crippen molar-refractivity contribution in [1.82, 2.24) is 14.4 Å². The number of cyclic esters (lactones) is 1. The Labute approximate surface area is 135 Å². The number of aromatic nitrogens is 1. The standard InChI is InChI=1S/C14H21N3O5S/c1-9-8-21-14(18)17(9)12-4-6-16(7-5-12)23(19,20)13-10(2)15-22-11(13)3/h9,12H,4-8H2,1-3H3. The summed E-state index contributed by atoms with van der Waals surface area (Å²) in [6, 6.07) is 0.0642. The van der Waals surface area contributed by atoms with Gasteiger partial charge in [0.1, 0.15) is 17.2 Å². The van der Waals surface area contributed by atoms with Crippen molar-refractivity contribution in [3.05, 3.63) is 11.5 Å². The van der Waals surface area contributed by atoms with Gasteiger partial charge < -0.3 is 9.26 Å². The number of sulfonamides is 1. The largest absolute Gasteiger partial charge is 0.447 e. The van der Waals surface area contributed by atoms with E-state index in [4.69, 9.17) is 9.26 Å². The molecule has 2 aliphatic heterocycles. The van der Waals surface area contributed by atoms with Crippen LogP contribution in [0.1, 0.15) is 31.2 Å². The lowest BCUT2D eigenvalue weighted by Crippen LogP contribution is -2.49. The van der Waals surface area contributed by atoms with Gasteiger partial charge >= 0.3 is 6.09 Å². The molecule has 23 heavy (non-hydrogen) atoms. The maximum Gasteiger partial charge on any atom is 0.410 e. The Hall–Kier alpha value is -1.61. The summed E-state index contributed by atoms with van der Waals surface area (Å²) in [7, 11) is -3.61. The first-order valence-corrected chi connectivity index (χ1v) is 9.14. The lowest BCUT2D eigenvalue weighted by atomic mass is 10.0. The Morgan fingerprint density at radius 1 is 1.22 bits per heavy atom. The molecule has 0 bridgehead atoms. The maximum absolute atomic E-state index is 12.8. The molecule has 0 spiro atoms. The molecule has 3 heterocycles. The molecule has 2 saturated heterocycles. The number of ether oxygens (including phenoxy) is 1. The molecule has 0 saturated carbocycles. The molecule has 0 aromatic carbocycles. The van der Waals surface area contributed by atoms with Crippen LogP contribution < -0.4 is 0 Å². The van der Waals surface area contributed by atoms with Gasteiger partial charge in [0.15, 0.2) is 5.76 Å². The first-order valence-electron chi connectivity index (χ1n) is 7.70. The van der Waals surface area contributed by atoms with Crippen LogP contribution in [0.15, 0.2) is 9.42 Å². The molecule has 1 aromatic rings. The molecule has 1 atom stereocenters. The van der Waals surface area contributed by atoms with Gasteiger partial charge in [0, 0.05) is 19.1 Å². The Bertz CT molecular complexity index is 686. The average molecular weight is 343 g/mol. The van der Waals surface area contributed by atoms with Gasteiger partial charge in [-0.3, -0.25) is 4.90 Å². The van der Waals surface area contributed by atoms with E-state index in [1.54, 1.807) is 18.7 Å². The SMILES string of the molecule is Cc1noc(C)c1S(=O)(=O)N1CCC(N2C(=O)OCC2C)CC1. The molecule has 2 aliphatic rings. The summed E-state index contributed by atoms with van der Waals surface area (Å²) >= 11 is 0.